The van der Waals surface area contributed by atoms with Crippen molar-refractivity contribution in [3.63, 3.8) is 0 Å². The van der Waals surface area contributed by atoms with E-state index in [4.69, 9.17) is 11.6 Å². The van der Waals surface area contributed by atoms with Crippen LogP contribution < -0.4 is 10.0 Å². The van der Waals surface area contributed by atoms with Crippen LogP contribution >= 0.6 is 11.6 Å². The van der Waals surface area contributed by atoms with Crippen molar-refractivity contribution in [2.24, 2.45) is 0 Å². The summed E-state index contributed by atoms with van der Waals surface area (Å²) < 4.78 is 28.6. The van der Waals surface area contributed by atoms with E-state index in [1.165, 1.54) is 11.1 Å². The molecule has 1 heterocycles. The van der Waals surface area contributed by atoms with Crippen molar-refractivity contribution >= 4 is 38.1 Å². The summed E-state index contributed by atoms with van der Waals surface area (Å²) in [5.74, 6) is 0. The number of nitrogens with one attached hydrogen (secondary N) is 2. The van der Waals surface area contributed by atoms with Gasteiger partial charge in [-0.25, -0.2) is 8.42 Å². The average molecular weight is 373 g/mol. The third kappa shape index (κ3) is 3.11. The summed E-state index contributed by atoms with van der Waals surface area (Å²) in [7, 11) is -3.71. The number of benzene rings is 3. The fraction of sp³-hybridized carbons (Fsp3) is 0.158. The Morgan fingerprint density at radius 2 is 1.76 bits per heavy atom. The molecule has 2 N–H and O–H groups in total. The number of anilines is 1. The zero-order valence-corrected chi connectivity index (χ0v) is 15.0. The quantitative estimate of drug-likeness (QED) is 0.732. The van der Waals surface area contributed by atoms with Gasteiger partial charge in [-0.3, -0.25) is 4.72 Å². The van der Waals surface area contributed by atoms with Crippen molar-refractivity contribution in [3.05, 3.63) is 70.7 Å². The Labute approximate surface area is 151 Å². The first kappa shape index (κ1) is 16.4. The molecule has 0 amide bonds. The van der Waals surface area contributed by atoms with Gasteiger partial charge in [0.2, 0.25) is 0 Å². The van der Waals surface area contributed by atoms with Crippen LogP contribution in [0.2, 0.25) is 5.02 Å². The van der Waals surface area contributed by atoms with Crippen molar-refractivity contribution in [1.29, 1.82) is 0 Å². The second kappa shape index (κ2) is 6.33. The number of hydrogen-bond acceptors (Lipinski definition) is 3. The number of hydrogen-bond donors (Lipinski definition) is 2. The lowest BCUT2D eigenvalue weighted by atomic mass is 10.0. The zero-order valence-electron chi connectivity index (χ0n) is 13.4. The molecule has 0 radical (unpaired) electrons. The van der Waals surface area contributed by atoms with Crippen LogP contribution in [0, 0.1) is 0 Å². The van der Waals surface area contributed by atoms with E-state index in [1.54, 1.807) is 18.2 Å². The predicted molar refractivity (Wildman–Crippen MR) is 102 cm³/mol. The van der Waals surface area contributed by atoms with Gasteiger partial charge in [-0.2, -0.15) is 0 Å². The molecule has 4 rings (SSSR count). The van der Waals surface area contributed by atoms with Gasteiger partial charge in [-0.15, -0.1) is 0 Å². The number of sulfonamides is 1. The van der Waals surface area contributed by atoms with Gasteiger partial charge < -0.3 is 5.32 Å². The second-order valence-electron chi connectivity index (χ2n) is 6.11. The van der Waals surface area contributed by atoms with Crippen LogP contribution in [0.15, 0.2) is 59.5 Å². The van der Waals surface area contributed by atoms with Crippen LogP contribution in [0.1, 0.15) is 11.1 Å². The summed E-state index contributed by atoms with van der Waals surface area (Å²) in [5.41, 5.74) is 2.98. The van der Waals surface area contributed by atoms with Gasteiger partial charge in [0.1, 0.15) is 0 Å². The van der Waals surface area contributed by atoms with Crippen LogP contribution in [-0.4, -0.2) is 15.0 Å². The maximum atomic E-state index is 12.9. The lowest BCUT2D eigenvalue weighted by Crippen LogP contribution is -2.23. The lowest BCUT2D eigenvalue weighted by Gasteiger charge is -2.18. The Hall–Kier alpha value is -2.08. The molecule has 3 aromatic rings. The molecule has 1 aliphatic rings. The summed E-state index contributed by atoms with van der Waals surface area (Å²) in [4.78, 5) is 0.229. The molecule has 0 bridgehead atoms. The standard InChI is InChI=1S/C19H17ClN2O2S/c20-18-7-8-19(17-4-2-1-3-16(17)18)25(23,24)22-15-6-5-14-12-21-10-9-13(14)11-15/h1-8,11,21-22H,9-10,12H2. The number of fused-ring (bicyclic) bond motifs is 2. The molecule has 1 aliphatic heterocycles. The third-order valence-corrected chi connectivity index (χ3v) is 6.23. The molecule has 0 aliphatic carbocycles. The van der Waals surface area contributed by atoms with Crippen molar-refractivity contribution in [1.82, 2.24) is 5.32 Å². The van der Waals surface area contributed by atoms with Gasteiger partial charge in [-0.05, 0) is 48.4 Å². The minimum Gasteiger partial charge on any atom is -0.312 e. The van der Waals surface area contributed by atoms with Gasteiger partial charge in [0.25, 0.3) is 10.0 Å². The minimum absolute atomic E-state index is 0.229. The molecule has 4 nitrogen and oxygen atoms in total. The van der Waals surface area contributed by atoms with Crippen LogP contribution in [0.3, 0.4) is 0 Å². The monoisotopic (exact) mass is 372 g/mol. The van der Waals surface area contributed by atoms with E-state index in [9.17, 15) is 8.42 Å². The topological polar surface area (TPSA) is 58.2 Å². The first-order valence-corrected chi connectivity index (χ1v) is 9.93. The molecule has 0 saturated carbocycles. The van der Waals surface area contributed by atoms with Crippen molar-refractivity contribution in [3.8, 4) is 0 Å². The SMILES string of the molecule is O=S(=O)(Nc1ccc2c(c1)CCNC2)c1ccc(Cl)c2ccccc12. The summed E-state index contributed by atoms with van der Waals surface area (Å²) in [6, 6.07) is 16.1. The van der Waals surface area contributed by atoms with E-state index in [-0.39, 0.29) is 4.90 Å². The molecule has 0 atom stereocenters. The Bertz CT molecular complexity index is 1060. The summed E-state index contributed by atoms with van der Waals surface area (Å²) in [6.45, 7) is 1.73. The van der Waals surface area contributed by atoms with E-state index in [2.05, 4.69) is 10.0 Å². The maximum absolute atomic E-state index is 12.9. The van der Waals surface area contributed by atoms with Gasteiger partial charge in [0.05, 0.1) is 4.90 Å². The van der Waals surface area contributed by atoms with Crippen LogP contribution in [0.25, 0.3) is 10.8 Å². The van der Waals surface area contributed by atoms with E-state index in [0.717, 1.165) is 24.9 Å². The lowest BCUT2D eigenvalue weighted by molar-refractivity contribution is 0.602. The van der Waals surface area contributed by atoms with Crippen molar-refractivity contribution in [2.45, 2.75) is 17.9 Å². The largest absolute Gasteiger partial charge is 0.312 e. The number of halogens is 1. The minimum atomic E-state index is -3.71. The fourth-order valence-electron chi connectivity index (χ4n) is 3.22. The molecule has 25 heavy (non-hydrogen) atoms. The average Bonchev–Trinajstić information content (AvgIpc) is 2.61. The molecular formula is C19H17ClN2O2S. The molecule has 128 valence electrons. The van der Waals surface area contributed by atoms with Gasteiger partial charge in [0, 0.05) is 28.0 Å². The highest BCUT2D eigenvalue weighted by molar-refractivity contribution is 7.93. The summed E-state index contributed by atoms with van der Waals surface area (Å²) in [5, 5.41) is 5.19. The van der Waals surface area contributed by atoms with E-state index in [1.807, 2.05) is 36.4 Å². The smallest absolute Gasteiger partial charge is 0.262 e. The van der Waals surface area contributed by atoms with E-state index < -0.39 is 10.0 Å². The van der Waals surface area contributed by atoms with Crippen molar-refractivity contribution < 1.29 is 8.42 Å². The highest BCUT2D eigenvalue weighted by Crippen LogP contribution is 2.30. The Morgan fingerprint density at radius 3 is 2.60 bits per heavy atom. The molecule has 0 fully saturated rings. The van der Waals surface area contributed by atoms with Gasteiger partial charge in [-0.1, -0.05) is 41.9 Å². The Morgan fingerprint density at radius 1 is 0.960 bits per heavy atom. The summed E-state index contributed by atoms with van der Waals surface area (Å²) >= 11 is 6.20. The number of rotatable bonds is 3. The second-order valence-corrected chi connectivity index (χ2v) is 8.16. The maximum Gasteiger partial charge on any atom is 0.262 e. The van der Waals surface area contributed by atoms with Gasteiger partial charge >= 0.3 is 0 Å². The predicted octanol–water partition coefficient (Wildman–Crippen LogP) is 3.94. The van der Waals surface area contributed by atoms with E-state index >= 15 is 0 Å². The molecule has 3 aromatic carbocycles. The highest BCUT2D eigenvalue weighted by atomic mass is 35.5. The van der Waals surface area contributed by atoms with Crippen LogP contribution in [0.4, 0.5) is 5.69 Å². The fourth-order valence-corrected chi connectivity index (χ4v) is 4.71. The van der Waals surface area contributed by atoms with Crippen molar-refractivity contribution in [2.75, 3.05) is 11.3 Å². The first-order chi connectivity index (χ1) is 12.0. The third-order valence-electron chi connectivity index (χ3n) is 4.47. The Balaban J connectivity index is 1.75. The first-order valence-electron chi connectivity index (χ1n) is 8.07. The molecular weight excluding hydrogens is 356 g/mol. The van der Waals surface area contributed by atoms with E-state index in [0.29, 0.717) is 16.1 Å². The highest BCUT2D eigenvalue weighted by Gasteiger charge is 2.19. The van der Waals surface area contributed by atoms with Gasteiger partial charge in [0.15, 0.2) is 0 Å². The molecule has 0 saturated heterocycles. The molecule has 0 unspecified atom stereocenters. The molecule has 0 aromatic heterocycles. The van der Waals surface area contributed by atoms with Crippen LogP contribution in [0.5, 0.6) is 0 Å². The molecule has 6 heteroatoms. The summed E-state index contributed by atoms with van der Waals surface area (Å²) in [6.07, 6.45) is 0.898. The Kier molecular flexibility index (Phi) is 4.15. The zero-order chi connectivity index (χ0) is 17.4. The molecule has 0 spiro atoms. The normalized spacial score (nSPS) is 14.3. The van der Waals surface area contributed by atoms with Crippen LogP contribution in [-0.2, 0) is 23.0 Å².